The zero-order chi connectivity index (χ0) is 24.8. The highest BCUT2D eigenvalue weighted by molar-refractivity contribution is 6.20. The molecule has 1 aliphatic rings. The molecule has 3 amide bonds. The van der Waals surface area contributed by atoms with Gasteiger partial charge in [-0.2, -0.15) is 0 Å². The van der Waals surface area contributed by atoms with Crippen molar-refractivity contribution in [2.24, 2.45) is 4.99 Å². The maximum Gasteiger partial charge on any atom is 0.321 e. The second-order valence-electron chi connectivity index (χ2n) is 7.94. The molecule has 2 N–H and O–H groups in total. The number of nitrogens with zero attached hydrogens (tertiary/aromatic N) is 2. The Kier molecular flexibility index (Phi) is 7.21. The van der Waals surface area contributed by atoms with Gasteiger partial charge in [0.2, 0.25) is 6.17 Å². The Labute approximate surface area is 203 Å². The first-order valence-electron chi connectivity index (χ1n) is 11.3. The number of hydrogen-bond acceptors (Lipinski definition) is 5. The van der Waals surface area contributed by atoms with Crippen LogP contribution in [0.5, 0.6) is 0 Å². The molecule has 1 aliphatic heterocycles. The SMILES string of the molecule is CCOC(=O)Cc1cccc(NC(=O)N[C@@H]2N=C(c3ccccc3)c3ccccc3N(C)C2=O)c1. The molecule has 0 unspecified atom stereocenters. The Morgan fingerprint density at radius 2 is 1.74 bits per heavy atom. The largest absolute Gasteiger partial charge is 0.466 e. The molecule has 0 fully saturated rings. The molecule has 0 spiro atoms. The van der Waals surface area contributed by atoms with Gasteiger partial charge >= 0.3 is 12.0 Å². The van der Waals surface area contributed by atoms with Crippen LogP contribution in [0.2, 0.25) is 0 Å². The molecule has 35 heavy (non-hydrogen) atoms. The molecule has 0 radical (unpaired) electrons. The smallest absolute Gasteiger partial charge is 0.321 e. The van der Waals surface area contributed by atoms with Crippen LogP contribution in [0.25, 0.3) is 0 Å². The summed E-state index contributed by atoms with van der Waals surface area (Å²) in [5.41, 5.74) is 4.13. The normalized spacial score (nSPS) is 14.9. The number of benzene rings is 3. The number of aliphatic imine (C=N–C) groups is 1. The first kappa shape index (κ1) is 23.7. The fourth-order valence-electron chi connectivity index (χ4n) is 3.87. The predicted octanol–water partition coefficient (Wildman–Crippen LogP) is 3.75. The van der Waals surface area contributed by atoms with Crippen molar-refractivity contribution in [1.82, 2.24) is 5.32 Å². The zero-order valence-electron chi connectivity index (χ0n) is 19.5. The van der Waals surface area contributed by atoms with E-state index in [1.807, 2.05) is 54.6 Å². The minimum atomic E-state index is -1.13. The van der Waals surface area contributed by atoms with Gasteiger partial charge in [-0.05, 0) is 30.7 Å². The predicted molar refractivity (Wildman–Crippen MR) is 135 cm³/mol. The van der Waals surface area contributed by atoms with E-state index in [9.17, 15) is 14.4 Å². The number of benzodiazepines with no additional fused rings is 1. The highest BCUT2D eigenvalue weighted by Gasteiger charge is 2.30. The summed E-state index contributed by atoms with van der Waals surface area (Å²) in [5.74, 6) is -0.710. The molecule has 0 saturated heterocycles. The number of fused-ring (bicyclic) bond motifs is 1. The van der Waals surface area contributed by atoms with Gasteiger partial charge in [0.1, 0.15) is 0 Å². The van der Waals surface area contributed by atoms with E-state index >= 15 is 0 Å². The van der Waals surface area contributed by atoms with Crippen molar-refractivity contribution >= 4 is 35.0 Å². The van der Waals surface area contributed by atoms with Crippen molar-refractivity contribution in [3.8, 4) is 0 Å². The van der Waals surface area contributed by atoms with Crippen molar-refractivity contribution in [3.63, 3.8) is 0 Å². The molecule has 178 valence electrons. The molecular weight excluding hydrogens is 444 g/mol. The van der Waals surface area contributed by atoms with Gasteiger partial charge in [-0.1, -0.05) is 60.7 Å². The lowest BCUT2D eigenvalue weighted by atomic mass is 10.0. The van der Waals surface area contributed by atoms with E-state index in [0.717, 1.165) is 11.1 Å². The third kappa shape index (κ3) is 5.55. The van der Waals surface area contributed by atoms with Crippen LogP contribution in [0.4, 0.5) is 16.2 Å². The van der Waals surface area contributed by atoms with Gasteiger partial charge in [0.15, 0.2) is 0 Å². The molecule has 0 bridgehead atoms. The topological polar surface area (TPSA) is 100 Å². The number of anilines is 2. The van der Waals surface area contributed by atoms with Crippen LogP contribution in [0.15, 0.2) is 83.9 Å². The lowest BCUT2D eigenvalue weighted by molar-refractivity contribution is -0.142. The van der Waals surface area contributed by atoms with Crippen LogP contribution >= 0.6 is 0 Å². The third-order valence-electron chi connectivity index (χ3n) is 5.50. The number of hydrogen-bond donors (Lipinski definition) is 2. The Bertz CT molecular complexity index is 1270. The number of carbonyl (C=O) groups excluding carboxylic acids is 3. The summed E-state index contributed by atoms with van der Waals surface area (Å²) in [5, 5.41) is 5.41. The van der Waals surface area contributed by atoms with Crippen LogP contribution < -0.4 is 15.5 Å². The Balaban J connectivity index is 1.57. The number of esters is 1. The molecule has 8 nitrogen and oxygen atoms in total. The zero-order valence-corrected chi connectivity index (χ0v) is 19.5. The average molecular weight is 471 g/mol. The molecular formula is C27H26N4O4. The molecule has 1 heterocycles. The quantitative estimate of drug-likeness (QED) is 0.536. The van der Waals surface area contributed by atoms with E-state index in [2.05, 4.69) is 15.6 Å². The van der Waals surface area contributed by atoms with Gasteiger partial charge in [-0.15, -0.1) is 0 Å². The minimum absolute atomic E-state index is 0.0971. The lowest BCUT2D eigenvalue weighted by Crippen LogP contribution is -2.47. The highest BCUT2D eigenvalue weighted by atomic mass is 16.5. The van der Waals surface area contributed by atoms with E-state index < -0.39 is 12.2 Å². The number of carbonyl (C=O) groups is 3. The van der Waals surface area contributed by atoms with Gasteiger partial charge in [-0.3, -0.25) is 9.59 Å². The number of para-hydroxylation sites is 1. The summed E-state index contributed by atoms with van der Waals surface area (Å²) < 4.78 is 4.98. The van der Waals surface area contributed by atoms with Crippen molar-refractivity contribution < 1.29 is 19.1 Å². The molecule has 0 saturated carbocycles. The Hall–Kier alpha value is -4.46. The fraction of sp³-hybridized carbons (Fsp3) is 0.185. The van der Waals surface area contributed by atoms with Gasteiger partial charge in [0, 0.05) is 23.9 Å². The molecule has 0 aromatic heterocycles. The van der Waals surface area contributed by atoms with E-state index in [1.54, 1.807) is 38.2 Å². The lowest BCUT2D eigenvalue weighted by Gasteiger charge is -2.21. The Morgan fingerprint density at radius 3 is 2.51 bits per heavy atom. The van der Waals surface area contributed by atoms with Crippen LogP contribution in [-0.2, 0) is 20.7 Å². The van der Waals surface area contributed by atoms with E-state index in [0.29, 0.717) is 29.3 Å². The van der Waals surface area contributed by atoms with Gasteiger partial charge in [0.25, 0.3) is 5.91 Å². The van der Waals surface area contributed by atoms with Crippen molar-refractivity contribution in [3.05, 3.63) is 95.6 Å². The monoisotopic (exact) mass is 470 g/mol. The molecule has 3 aromatic rings. The first-order chi connectivity index (χ1) is 17.0. The van der Waals surface area contributed by atoms with Crippen molar-refractivity contribution in [2.45, 2.75) is 19.5 Å². The standard InChI is InChI=1S/C27H26N4O4/c1-3-35-23(32)17-18-10-9-13-20(16-18)28-27(34)30-25-26(33)31(2)22-15-8-7-14-21(22)24(29-25)19-11-5-4-6-12-19/h4-16,25H,3,17H2,1-2H3,(H2,28,30,34)/t25-/m0/s1. The van der Waals surface area contributed by atoms with Crippen LogP contribution in [-0.4, -0.2) is 43.4 Å². The second kappa shape index (κ2) is 10.6. The molecule has 8 heteroatoms. The van der Waals surface area contributed by atoms with Crippen molar-refractivity contribution in [1.29, 1.82) is 0 Å². The number of amides is 3. The van der Waals surface area contributed by atoms with E-state index in [1.165, 1.54) is 4.90 Å². The summed E-state index contributed by atoms with van der Waals surface area (Å²) in [6.45, 7) is 2.05. The molecule has 4 rings (SSSR count). The summed E-state index contributed by atoms with van der Waals surface area (Å²) in [4.78, 5) is 44.0. The summed E-state index contributed by atoms with van der Waals surface area (Å²) in [6, 6.07) is 23.3. The maximum absolute atomic E-state index is 13.2. The highest BCUT2D eigenvalue weighted by Crippen LogP contribution is 2.27. The van der Waals surface area contributed by atoms with Gasteiger partial charge in [-0.25, -0.2) is 9.79 Å². The van der Waals surface area contributed by atoms with Crippen LogP contribution in [0.3, 0.4) is 0 Å². The average Bonchev–Trinajstić information content (AvgIpc) is 2.95. The number of rotatable bonds is 6. The molecule has 0 aliphatic carbocycles. The van der Waals surface area contributed by atoms with Crippen LogP contribution in [0.1, 0.15) is 23.6 Å². The van der Waals surface area contributed by atoms with E-state index in [-0.39, 0.29) is 18.3 Å². The molecule has 3 aromatic carbocycles. The first-order valence-corrected chi connectivity index (χ1v) is 11.3. The van der Waals surface area contributed by atoms with Gasteiger partial charge in [0.05, 0.1) is 24.4 Å². The minimum Gasteiger partial charge on any atom is -0.466 e. The summed E-state index contributed by atoms with van der Waals surface area (Å²) >= 11 is 0. The summed E-state index contributed by atoms with van der Waals surface area (Å²) in [7, 11) is 1.66. The summed E-state index contributed by atoms with van der Waals surface area (Å²) in [6.07, 6.45) is -1.04. The second-order valence-corrected chi connectivity index (χ2v) is 7.94. The van der Waals surface area contributed by atoms with Gasteiger partial charge < -0.3 is 20.3 Å². The maximum atomic E-state index is 13.2. The number of nitrogens with one attached hydrogen (secondary N) is 2. The number of likely N-dealkylation sites (N-methyl/N-ethyl adjacent to an activating group) is 1. The fourth-order valence-corrected chi connectivity index (χ4v) is 3.87. The van der Waals surface area contributed by atoms with Crippen molar-refractivity contribution in [2.75, 3.05) is 23.9 Å². The third-order valence-corrected chi connectivity index (χ3v) is 5.50. The molecule has 1 atom stereocenters. The number of urea groups is 1. The Morgan fingerprint density at radius 1 is 1.00 bits per heavy atom. The number of ether oxygens (including phenoxy) is 1. The van der Waals surface area contributed by atoms with Crippen LogP contribution in [0, 0.1) is 0 Å². The van der Waals surface area contributed by atoms with E-state index in [4.69, 9.17) is 4.74 Å².